The highest BCUT2D eigenvalue weighted by Gasteiger charge is 2.26. The Labute approximate surface area is 475 Å². The first-order valence-electron chi connectivity index (χ1n) is 29.7. The summed E-state index contributed by atoms with van der Waals surface area (Å²) >= 11 is 0. The molecule has 7 N–H and O–H groups in total. The van der Waals surface area contributed by atoms with E-state index in [1.54, 1.807) is 0 Å². The maximum atomic E-state index is 12.7. The molecule has 0 spiro atoms. The zero-order valence-corrected chi connectivity index (χ0v) is 48.6. The van der Waals surface area contributed by atoms with Crippen molar-refractivity contribution in [2.75, 3.05) is 26.3 Å². The second-order valence-corrected chi connectivity index (χ2v) is 20.5. The molecule has 0 bridgehead atoms. The first-order chi connectivity index (χ1) is 38.6. The fourth-order valence-corrected chi connectivity index (χ4v) is 8.91. The lowest BCUT2D eigenvalue weighted by Crippen LogP contribution is -2.48. The molecular formula is C58H102N4O18. The Morgan fingerprint density at radius 3 is 1.04 bits per heavy atom. The Morgan fingerprint density at radius 2 is 0.738 bits per heavy atom. The summed E-state index contributed by atoms with van der Waals surface area (Å²) in [5.74, 6) is -4.39. The van der Waals surface area contributed by atoms with Crippen molar-refractivity contribution in [1.29, 1.82) is 0 Å². The molecule has 22 nitrogen and oxygen atoms in total. The Balaban J connectivity index is 0. The molecule has 0 aromatic heterocycles. The molecule has 0 saturated carbocycles. The highest BCUT2D eigenvalue weighted by Crippen LogP contribution is 2.15. The van der Waals surface area contributed by atoms with Crippen LogP contribution in [0.25, 0.3) is 0 Å². The number of amides is 2. The van der Waals surface area contributed by atoms with E-state index in [0.29, 0.717) is 25.7 Å². The van der Waals surface area contributed by atoms with Gasteiger partial charge in [-0.05, 0) is 25.7 Å². The molecule has 462 valence electrons. The molecule has 0 saturated heterocycles. The number of rotatable bonds is 59. The van der Waals surface area contributed by atoms with E-state index in [0.717, 1.165) is 38.5 Å². The minimum absolute atomic E-state index is 0.00738. The van der Waals surface area contributed by atoms with E-state index in [1.165, 1.54) is 96.3 Å². The maximum Gasteiger partial charge on any atom is 0.320 e. The van der Waals surface area contributed by atoms with E-state index in [-0.39, 0.29) is 133 Å². The van der Waals surface area contributed by atoms with Crippen LogP contribution in [0.3, 0.4) is 0 Å². The first-order valence-corrected chi connectivity index (χ1v) is 29.7. The summed E-state index contributed by atoms with van der Waals surface area (Å²) < 4.78 is 19.0. The quantitative estimate of drug-likeness (QED) is 0.0172. The fraction of sp³-hybridized carbons (Fsp3) is 0.810. The predicted octanol–water partition coefficient (Wildman–Crippen LogP) is 8.00. The van der Waals surface area contributed by atoms with E-state index in [9.17, 15) is 63.0 Å². The van der Waals surface area contributed by atoms with Crippen molar-refractivity contribution < 1.29 is 87.0 Å². The Morgan fingerprint density at radius 1 is 0.400 bits per heavy atom. The lowest BCUT2D eigenvalue weighted by molar-refractivity contribution is -0.142. The second-order valence-electron chi connectivity index (χ2n) is 20.5. The molecule has 0 radical (unpaired) electrons. The fourth-order valence-electron chi connectivity index (χ4n) is 8.91. The van der Waals surface area contributed by atoms with Gasteiger partial charge in [-0.2, -0.15) is 0 Å². The Hall–Kier alpha value is -5.51. The molecule has 0 rings (SSSR count). The number of carbonyl (C=O) groups is 11. The number of carbonyl (C=O) groups excluding carboxylic acids is 8. The zero-order valence-electron chi connectivity index (χ0n) is 48.6. The summed E-state index contributed by atoms with van der Waals surface area (Å²) in [5, 5.41) is 39.1. The Bertz CT molecular complexity index is 1670. The first kappa shape index (κ1) is 76.6. The van der Waals surface area contributed by atoms with Gasteiger partial charge in [0.2, 0.25) is 11.8 Å². The van der Waals surface area contributed by atoms with Gasteiger partial charge in [-0.25, -0.2) is 0 Å². The molecule has 22 heteroatoms. The van der Waals surface area contributed by atoms with Gasteiger partial charge in [0, 0.05) is 83.0 Å². The van der Waals surface area contributed by atoms with Crippen LogP contribution in [0.15, 0.2) is 0 Å². The maximum absolute atomic E-state index is 12.7. The van der Waals surface area contributed by atoms with Gasteiger partial charge in [0.25, 0.3) is 25.9 Å². The largest absolute Gasteiger partial charge is 0.481 e. The summed E-state index contributed by atoms with van der Waals surface area (Å²) in [6.07, 6.45) is 25.2. The van der Waals surface area contributed by atoms with Crippen LogP contribution in [0.5, 0.6) is 0 Å². The summed E-state index contributed by atoms with van der Waals surface area (Å²) in [4.78, 5) is 127. The van der Waals surface area contributed by atoms with Crippen molar-refractivity contribution >= 4 is 67.2 Å². The molecule has 6 unspecified atom stereocenters. The van der Waals surface area contributed by atoms with Crippen LogP contribution in [-0.2, 0) is 71.7 Å². The van der Waals surface area contributed by atoms with Crippen molar-refractivity contribution in [2.45, 2.75) is 275 Å². The number of carboxylic acids is 3. The van der Waals surface area contributed by atoms with Crippen molar-refractivity contribution in [3.8, 4) is 0 Å². The number of hydrogen-bond donors (Lipinski definition) is 7. The lowest BCUT2D eigenvalue weighted by Gasteiger charge is -2.22. The number of Topliss-reactive ketones (excluding diaryl/α,β-unsaturated/α-hetero) is 2. The minimum Gasteiger partial charge on any atom is -0.481 e. The van der Waals surface area contributed by atoms with Gasteiger partial charge in [0.1, 0.15) is 35.9 Å². The normalized spacial score (nSPS) is 13.1. The zero-order chi connectivity index (χ0) is 59.9. The molecule has 0 aliphatic heterocycles. The molecule has 80 heavy (non-hydrogen) atoms. The van der Waals surface area contributed by atoms with Gasteiger partial charge in [-0.3, -0.25) is 52.7 Å². The lowest BCUT2D eigenvalue weighted by atomic mass is 10.0. The standard InChI is InChI=1S/C31H56N2O8.C27H46N2O10/c1-3-5-6-7-8-9-10-11-12-13-14-15-16-18-30(37)33-26(23-32-29(17-4-2)31(38)39)21-27(36)22-28(41-25-35)19-20-40-24-34;1-2-3-4-5-6-7-8-9-10-11-25(33)29-21(18-28-24(27(36)37)12-13-26(34)35)16-22(32)17-23(39-20-31)14-15-38-19-30/h24-26,28-29,32H,3-23H2,1-2H3,(H,33,37)(H,38,39);19-21,23-24,28H,2-18H2,1H3,(H,29,33)(H,34,35)(H,36,37). The highest BCUT2D eigenvalue weighted by atomic mass is 16.5. The van der Waals surface area contributed by atoms with Crippen LogP contribution >= 0.6 is 0 Å². The van der Waals surface area contributed by atoms with Gasteiger partial charge in [-0.1, -0.05) is 156 Å². The number of ether oxygens (including phenoxy) is 4. The van der Waals surface area contributed by atoms with Crippen LogP contribution in [0.4, 0.5) is 0 Å². The molecular weight excluding hydrogens is 1040 g/mol. The highest BCUT2D eigenvalue weighted by molar-refractivity contribution is 5.82. The summed E-state index contributed by atoms with van der Waals surface area (Å²) in [5.41, 5.74) is 0. The molecule has 0 aromatic rings. The number of unbranched alkanes of at least 4 members (excludes halogenated alkanes) is 20. The number of carboxylic acid groups (broad SMARTS) is 3. The van der Waals surface area contributed by atoms with E-state index < -0.39 is 54.3 Å². The van der Waals surface area contributed by atoms with Crippen molar-refractivity contribution in [1.82, 2.24) is 21.3 Å². The van der Waals surface area contributed by atoms with Crippen molar-refractivity contribution in [2.24, 2.45) is 0 Å². The summed E-state index contributed by atoms with van der Waals surface area (Å²) in [6, 6.07) is -3.29. The minimum atomic E-state index is -1.24. The number of hydrogen-bond acceptors (Lipinski definition) is 17. The molecule has 6 atom stereocenters. The van der Waals surface area contributed by atoms with Crippen LogP contribution in [0, 0.1) is 0 Å². The van der Waals surface area contributed by atoms with E-state index >= 15 is 0 Å². The third-order valence-electron chi connectivity index (χ3n) is 13.4. The average molecular weight is 1140 g/mol. The molecule has 0 fully saturated rings. The van der Waals surface area contributed by atoms with Gasteiger partial charge < -0.3 is 55.5 Å². The number of aliphatic carboxylic acids is 3. The van der Waals surface area contributed by atoms with E-state index in [1.807, 2.05) is 6.92 Å². The molecule has 0 heterocycles. The molecule has 2 amide bonds. The summed E-state index contributed by atoms with van der Waals surface area (Å²) in [7, 11) is 0. The predicted molar refractivity (Wildman–Crippen MR) is 300 cm³/mol. The number of ketones is 2. The van der Waals surface area contributed by atoms with Gasteiger partial charge >= 0.3 is 17.9 Å². The van der Waals surface area contributed by atoms with E-state index in [4.69, 9.17) is 14.6 Å². The third-order valence-corrected chi connectivity index (χ3v) is 13.4. The van der Waals surface area contributed by atoms with Crippen LogP contribution in [-0.4, -0.2) is 145 Å². The number of nitrogens with one attached hydrogen (secondary N) is 4. The second kappa shape index (κ2) is 55.4. The monoisotopic (exact) mass is 1140 g/mol. The topological polar surface area (TPSA) is 334 Å². The summed E-state index contributed by atoms with van der Waals surface area (Å²) in [6.45, 7) is 7.29. The van der Waals surface area contributed by atoms with Crippen LogP contribution in [0.1, 0.15) is 239 Å². The van der Waals surface area contributed by atoms with Crippen molar-refractivity contribution in [3.63, 3.8) is 0 Å². The van der Waals surface area contributed by atoms with Gasteiger partial charge in [-0.15, -0.1) is 0 Å². The molecule has 0 aliphatic rings. The molecule has 0 aromatic carbocycles. The SMILES string of the molecule is CCCCCCCCCCCC(=O)NC(CNC(CCC(=O)O)C(=O)O)CC(=O)CC(CCOC=O)OC=O.CCCCCCCCCCCCCCCC(=O)NC(CNC(CCC)C(=O)O)CC(=O)CC(CCOC=O)OC=O. The van der Waals surface area contributed by atoms with Crippen LogP contribution < -0.4 is 21.3 Å². The third kappa shape index (κ3) is 49.5. The van der Waals surface area contributed by atoms with Crippen molar-refractivity contribution in [3.05, 3.63) is 0 Å². The smallest absolute Gasteiger partial charge is 0.320 e. The van der Waals surface area contributed by atoms with Gasteiger partial charge in [0.05, 0.1) is 13.2 Å². The van der Waals surface area contributed by atoms with Crippen LogP contribution in [0.2, 0.25) is 0 Å². The molecule has 0 aliphatic carbocycles. The Kier molecular flexibility index (Phi) is 53.0. The van der Waals surface area contributed by atoms with E-state index in [2.05, 4.69) is 44.6 Å². The average Bonchev–Trinajstić information content (AvgIpc) is 3.40. The van der Waals surface area contributed by atoms with Gasteiger partial charge in [0.15, 0.2) is 0 Å².